The zero-order valence-electron chi connectivity index (χ0n) is 9.49. The van der Waals surface area contributed by atoms with Crippen molar-refractivity contribution in [3.63, 3.8) is 0 Å². The van der Waals surface area contributed by atoms with Gasteiger partial charge in [0.15, 0.2) is 0 Å². The molecule has 1 aliphatic heterocycles. The SMILES string of the molecule is CC1(C(=O)NC(C(N)=S)C2CC2)CCCO1. The zero-order valence-corrected chi connectivity index (χ0v) is 10.3. The van der Waals surface area contributed by atoms with Crippen LogP contribution in [0.4, 0.5) is 0 Å². The van der Waals surface area contributed by atoms with Gasteiger partial charge in [0.05, 0.1) is 11.0 Å². The quantitative estimate of drug-likeness (QED) is 0.714. The maximum atomic E-state index is 12.1. The number of amides is 1. The Balaban J connectivity index is 1.97. The molecule has 2 rings (SSSR count). The molecule has 0 aromatic rings. The fourth-order valence-electron chi connectivity index (χ4n) is 2.10. The van der Waals surface area contributed by atoms with Crippen molar-refractivity contribution < 1.29 is 9.53 Å². The molecule has 1 amide bonds. The van der Waals surface area contributed by atoms with Crippen LogP contribution in [0.15, 0.2) is 0 Å². The highest BCUT2D eigenvalue weighted by atomic mass is 32.1. The first kappa shape index (κ1) is 11.8. The smallest absolute Gasteiger partial charge is 0.252 e. The molecule has 4 nitrogen and oxygen atoms in total. The summed E-state index contributed by atoms with van der Waals surface area (Å²) >= 11 is 4.98. The molecule has 90 valence electrons. The van der Waals surface area contributed by atoms with E-state index in [1.54, 1.807) is 0 Å². The molecule has 1 saturated carbocycles. The zero-order chi connectivity index (χ0) is 11.8. The fraction of sp³-hybridized carbons (Fsp3) is 0.818. The summed E-state index contributed by atoms with van der Waals surface area (Å²) in [5, 5.41) is 2.93. The number of thiocarbonyl (C=S) groups is 1. The Morgan fingerprint density at radius 1 is 1.62 bits per heavy atom. The molecule has 0 aromatic carbocycles. The average Bonchev–Trinajstić information content (AvgIpc) is 2.96. The van der Waals surface area contributed by atoms with Gasteiger partial charge in [-0.3, -0.25) is 4.79 Å². The van der Waals surface area contributed by atoms with Crippen molar-refractivity contribution in [2.75, 3.05) is 6.61 Å². The molecule has 2 aliphatic rings. The number of rotatable bonds is 4. The molecule has 3 N–H and O–H groups in total. The van der Waals surface area contributed by atoms with Crippen LogP contribution in [0.5, 0.6) is 0 Å². The van der Waals surface area contributed by atoms with Crippen LogP contribution >= 0.6 is 12.2 Å². The van der Waals surface area contributed by atoms with Crippen molar-refractivity contribution in [3.05, 3.63) is 0 Å². The topological polar surface area (TPSA) is 64.4 Å². The van der Waals surface area contributed by atoms with Gasteiger partial charge in [-0.25, -0.2) is 0 Å². The number of carbonyl (C=O) groups is 1. The van der Waals surface area contributed by atoms with Gasteiger partial charge in [-0.2, -0.15) is 0 Å². The van der Waals surface area contributed by atoms with Crippen LogP contribution in [0, 0.1) is 5.92 Å². The average molecular weight is 242 g/mol. The standard InChI is InChI=1S/C11H18N2O2S/c1-11(5-2-6-15-11)10(14)13-8(9(12)16)7-3-4-7/h7-8H,2-6H2,1H3,(H2,12,16)(H,13,14). The van der Waals surface area contributed by atoms with Gasteiger partial charge >= 0.3 is 0 Å². The Bertz CT molecular complexity index is 309. The normalized spacial score (nSPS) is 31.1. The lowest BCUT2D eigenvalue weighted by Gasteiger charge is -2.25. The minimum Gasteiger partial charge on any atom is -0.392 e. The number of ether oxygens (including phenoxy) is 1. The van der Waals surface area contributed by atoms with Crippen LogP contribution in [0.25, 0.3) is 0 Å². The maximum absolute atomic E-state index is 12.1. The molecule has 1 saturated heterocycles. The summed E-state index contributed by atoms with van der Waals surface area (Å²) in [7, 11) is 0. The molecule has 0 bridgehead atoms. The number of carbonyl (C=O) groups excluding carboxylic acids is 1. The molecule has 2 fully saturated rings. The molecular formula is C11H18N2O2S. The molecule has 1 aliphatic carbocycles. The van der Waals surface area contributed by atoms with E-state index >= 15 is 0 Å². The van der Waals surface area contributed by atoms with Crippen LogP contribution < -0.4 is 11.1 Å². The summed E-state index contributed by atoms with van der Waals surface area (Å²) in [6.07, 6.45) is 3.90. The van der Waals surface area contributed by atoms with Gasteiger partial charge in [0, 0.05) is 6.61 Å². The van der Waals surface area contributed by atoms with Gasteiger partial charge in [0.2, 0.25) is 0 Å². The molecule has 16 heavy (non-hydrogen) atoms. The van der Waals surface area contributed by atoms with E-state index < -0.39 is 5.60 Å². The number of hydrogen-bond donors (Lipinski definition) is 2. The summed E-state index contributed by atoms with van der Waals surface area (Å²) in [4.78, 5) is 12.4. The first-order chi connectivity index (χ1) is 7.53. The van der Waals surface area contributed by atoms with Gasteiger partial charge < -0.3 is 15.8 Å². The first-order valence-corrected chi connectivity index (χ1v) is 6.18. The highest BCUT2D eigenvalue weighted by Gasteiger charge is 2.41. The second-order valence-electron chi connectivity index (χ2n) is 4.87. The van der Waals surface area contributed by atoms with Crippen molar-refractivity contribution >= 4 is 23.1 Å². The van der Waals surface area contributed by atoms with Crippen molar-refractivity contribution in [2.24, 2.45) is 11.7 Å². The number of nitrogens with one attached hydrogen (secondary N) is 1. The van der Waals surface area contributed by atoms with Crippen LogP contribution in [0.2, 0.25) is 0 Å². The molecular weight excluding hydrogens is 224 g/mol. The van der Waals surface area contributed by atoms with Gasteiger partial charge in [-0.05, 0) is 38.5 Å². The summed E-state index contributed by atoms with van der Waals surface area (Å²) in [5.74, 6) is 0.362. The molecule has 0 spiro atoms. The van der Waals surface area contributed by atoms with E-state index in [0.29, 0.717) is 17.5 Å². The first-order valence-electron chi connectivity index (χ1n) is 5.77. The lowest BCUT2D eigenvalue weighted by atomic mass is 10.0. The summed E-state index contributed by atoms with van der Waals surface area (Å²) in [6.45, 7) is 2.49. The van der Waals surface area contributed by atoms with E-state index in [4.69, 9.17) is 22.7 Å². The Morgan fingerprint density at radius 3 is 2.75 bits per heavy atom. The van der Waals surface area contributed by atoms with Crippen molar-refractivity contribution in [2.45, 2.75) is 44.2 Å². The summed E-state index contributed by atoms with van der Waals surface area (Å²) < 4.78 is 5.49. The van der Waals surface area contributed by atoms with E-state index in [2.05, 4.69) is 5.32 Å². The Hall–Kier alpha value is -0.680. The minimum atomic E-state index is -0.683. The molecule has 5 heteroatoms. The summed E-state index contributed by atoms with van der Waals surface area (Å²) in [6, 6.07) is -0.150. The van der Waals surface area contributed by atoms with Gasteiger partial charge in [-0.1, -0.05) is 12.2 Å². The molecule has 2 unspecified atom stereocenters. The van der Waals surface area contributed by atoms with Crippen LogP contribution in [0.3, 0.4) is 0 Å². The maximum Gasteiger partial charge on any atom is 0.252 e. The second kappa shape index (κ2) is 4.30. The van der Waals surface area contributed by atoms with Crippen LogP contribution in [-0.4, -0.2) is 29.1 Å². The number of hydrogen-bond acceptors (Lipinski definition) is 3. The predicted octanol–water partition coefficient (Wildman–Crippen LogP) is 0.736. The number of nitrogens with two attached hydrogens (primary N) is 1. The molecule has 0 aromatic heterocycles. The predicted molar refractivity (Wildman–Crippen MR) is 65.0 cm³/mol. The highest BCUT2D eigenvalue weighted by Crippen LogP contribution is 2.33. The van der Waals surface area contributed by atoms with E-state index in [1.807, 2.05) is 6.92 Å². The third-order valence-corrected chi connectivity index (χ3v) is 3.64. The van der Waals surface area contributed by atoms with Crippen LogP contribution in [-0.2, 0) is 9.53 Å². The Morgan fingerprint density at radius 2 is 2.31 bits per heavy atom. The molecule has 2 atom stereocenters. The third-order valence-electron chi connectivity index (χ3n) is 3.39. The monoisotopic (exact) mass is 242 g/mol. The fourth-order valence-corrected chi connectivity index (χ4v) is 2.35. The molecule has 1 heterocycles. The Labute approximate surface area is 101 Å². The largest absolute Gasteiger partial charge is 0.392 e. The minimum absolute atomic E-state index is 0.0744. The van der Waals surface area contributed by atoms with E-state index in [1.165, 1.54) is 0 Å². The van der Waals surface area contributed by atoms with Crippen molar-refractivity contribution in [1.29, 1.82) is 0 Å². The van der Waals surface area contributed by atoms with Gasteiger partial charge in [-0.15, -0.1) is 0 Å². The highest BCUT2D eigenvalue weighted by molar-refractivity contribution is 7.80. The Kier molecular flexibility index (Phi) is 3.17. The van der Waals surface area contributed by atoms with Gasteiger partial charge in [0.1, 0.15) is 5.60 Å². The van der Waals surface area contributed by atoms with E-state index in [-0.39, 0.29) is 11.9 Å². The van der Waals surface area contributed by atoms with Crippen molar-refractivity contribution in [3.8, 4) is 0 Å². The van der Waals surface area contributed by atoms with Crippen molar-refractivity contribution in [1.82, 2.24) is 5.32 Å². The molecule has 0 radical (unpaired) electrons. The van der Waals surface area contributed by atoms with E-state index in [0.717, 1.165) is 25.7 Å². The summed E-state index contributed by atoms with van der Waals surface area (Å²) in [5.41, 5.74) is 4.96. The van der Waals surface area contributed by atoms with E-state index in [9.17, 15) is 4.79 Å². The second-order valence-corrected chi connectivity index (χ2v) is 5.35. The van der Waals surface area contributed by atoms with Gasteiger partial charge in [0.25, 0.3) is 5.91 Å². The van der Waals surface area contributed by atoms with Crippen LogP contribution in [0.1, 0.15) is 32.6 Å². The lowest BCUT2D eigenvalue weighted by molar-refractivity contribution is -0.139. The lowest BCUT2D eigenvalue weighted by Crippen LogP contribution is -2.52. The third kappa shape index (κ3) is 2.35.